The van der Waals surface area contributed by atoms with Crippen molar-refractivity contribution in [2.75, 3.05) is 5.32 Å². The lowest BCUT2D eigenvalue weighted by molar-refractivity contribution is -0.112. The third kappa shape index (κ3) is 2.11. The van der Waals surface area contributed by atoms with E-state index in [0.29, 0.717) is 4.91 Å². The van der Waals surface area contributed by atoms with E-state index in [2.05, 4.69) is 15.5 Å². The Kier molecular flexibility index (Phi) is 2.79. The number of aromatic nitrogens is 2. The molecule has 2 heterocycles. The standard InChI is InChI=1S/C16H11N3OS/c20-16-15(21-14-8-4-3-7-12(14)17-16)9-13-10-5-1-2-6-11(10)18-19-13/h1-9H,(H,17,20)(H,18,19)/b15-9+. The molecule has 21 heavy (non-hydrogen) atoms. The predicted octanol–water partition coefficient (Wildman–Crippen LogP) is 3.65. The lowest BCUT2D eigenvalue weighted by atomic mass is 10.2. The van der Waals surface area contributed by atoms with Crippen molar-refractivity contribution in [3.63, 3.8) is 0 Å². The summed E-state index contributed by atoms with van der Waals surface area (Å²) in [5.41, 5.74) is 2.60. The average Bonchev–Trinajstić information content (AvgIpc) is 2.91. The van der Waals surface area contributed by atoms with Crippen LogP contribution in [0.5, 0.6) is 0 Å². The fourth-order valence-electron chi connectivity index (χ4n) is 2.32. The molecule has 102 valence electrons. The van der Waals surface area contributed by atoms with Crippen molar-refractivity contribution in [2.45, 2.75) is 4.90 Å². The number of amides is 1. The summed E-state index contributed by atoms with van der Waals surface area (Å²) in [7, 11) is 0. The maximum absolute atomic E-state index is 12.2. The quantitative estimate of drug-likeness (QED) is 0.673. The van der Waals surface area contributed by atoms with E-state index in [1.165, 1.54) is 11.8 Å². The zero-order chi connectivity index (χ0) is 14.2. The van der Waals surface area contributed by atoms with E-state index in [1.807, 2.05) is 54.6 Å². The van der Waals surface area contributed by atoms with E-state index in [9.17, 15) is 4.79 Å². The molecule has 1 aromatic heterocycles. The van der Waals surface area contributed by atoms with Gasteiger partial charge in [-0.25, -0.2) is 0 Å². The highest BCUT2D eigenvalue weighted by molar-refractivity contribution is 8.04. The first kappa shape index (κ1) is 12.2. The van der Waals surface area contributed by atoms with Gasteiger partial charge in [-0.1, -0.05) is 42.1 Å². The highest BCUT2D eigenvalue weighted by Gasteiger charge is 2.21. The number of hydrogen-bond donors (Lipinski definition) is 2. The van der Waals surface area contributed by atoms with Crippen LogP contribution in [0.1, 0.15) is 5.69 Å². The van der Waals surface area contributed by atoms with Gasteiger partial charge in [0.05, 0.1) is 21.8 Å². The number of carbonyl (C=O) groups is 1. The maximum Gasteiger partial charge on any atom is 0.262 e. The topological polar surface area (TPSA) is 57.8 Å². The van der Waals surface area contributed by atoms with Crippen molar-refractivity contribution in [1.82, 2.24) is 10.2 Å². The van der Waals surface area contributed by atoms with Crippen molar-refractivity contribution in [3.05, 3.63) is 59.1 Å². The van der Waals surface area contributed by atoms with Crippen LogP contribution in [-0.4, -0.2) is 16.1 Å². The van der Waals surface area contributed by atoms with Gasteiger partial charge < -0.3 is 5.32 Å². The molecule has 0 bridgehead atoms. The number of anilines is 1. The van der Waals surface area contributed by atoms with Crippen LogP contribution in [0.3, 0.4) is 0 Å². The second-order valence-corrected chi connectivity index (χ2v) is 5.80. The molecule has 0 atom stereocenters. The zero-order valence-corrected chi connectivity index (χ0v) is 11.8. The Morgan fingerprint density at radius 2 is 1.86 bits per heavy atom. The number of benzene rings is 2. The Bertz CT molecular complexity index is 882. The van der Waals surface area contributed by atoms with Crippen molar-refractivity contribution >= 4 is 40.3 Å². The van der Waals surface area contributed by atoms with Crippen LogP contribution < -0.4 is 5.32 Å². The molecular weight excluding hydrogens is 282 g/mol. The van der Waals surface area contributed by atoms with Crippen LogP contribution in [0.15, 0.2) is 58.3 Å². The van der Waals surface area contributed by atoms with Gasteiger partial charge in [-0.3, -0.25) is 9.89 Å². The van der Waals surface area contributed by atoms with Gasteiger partial charge in [0.1, 0.15) is 0 Å². The lowest BCUT2D eigenvalue weighted by Crippen LogP contribution is -2.17. The van der Waals surface area contributed by atoms with Crippen LogP contribution in [0.4, 0.5) is 5.69 Å². The number of nitrogens with zero attached hydrogens (tertiary/aromatic N) is 1. The molecule has 0 saturated heterocycles. The number of para-hydroxylation sites is 2. The summed E-state index contributed by atoms with van der Waals surface area (Å²) in [6.07, 6.45) is 1.85. The first-order valence-electron chi connectivity index (χ1n) is 6.54. The van der Waals surface area contributed by atoms with Gasteiger partial charge in [0.2, 0.25) is 0 Å². The third-order valence-corrected chi connectivity index (χ3v) is 4.44. The summed E-state index contributed by atoms with van der Waals surface area (Å²) in [6.45, 7) is 0. The highest BCUT2D eigenvalue weighted by atomic mass is 32.2. The van der Waals surface area contributed by atoms with E-state index in [0.717, 1.165) is 27.2 Å². The number of fused-ring (bicyclic) bond motifs is 2. The van der Waals surface area contributed by atoms with Crippen LogP contribution in [0.25, 0.3) is 17.0 Å². The minimum absolute atomic E-state index is 0.0858. The minimum Gasteiger partial charge on any atom is -0.320 e. The first-order valence-corrected chi connectivity index (χ1v) is 7.36. The molecule has 4 rings (SSSR count). The summed E-state index contributed by atoms with van der Waals surface area (Å²) in [6, 6.07) is 15.6. The molecular formula is C16H11N3OS. The molecule has 0 radical (unpaired) electrons. The van der Waals surface area contributed by atoms with Crippen molar-refractivity contribution in [1.29, 1.82) is 0 Å². The monoisotopic (exact) mass is 293 g/mol. The fraction of sp³-hybridized carbons (Fsp3) is 0. The molecule has 0 fully saturated rings. The number of thioether (sulfide) groups is 1. The van der Waals surface area contributed by atoms with Crippen LogP contribution >= 0.6 is 11.8 Å². The fourth-order valence-corrected chi connectivity index (χ4v) is 3.26. The number of rotatable bonds is 1. The molecule has 3 aromatic rings. The smallest absolute Gasteiger partial charge is 0.262 e. The predicted molar refractivity (Wildman–Crippen MR) is 85.0 cm³/mol. The van der Waals surface area contributed by atoms with Crippen LogP contribution in [-0.2, 0) is 4.79 Å². The molecule has 0 saturated carbocycles. The van der Waals surface area contributed by atoms with Crippen LogP contribution in [0.2, 0.25) is 0 Å². The summed E-state index contributed by atoms with van der Waals surface area (Å²) in [5, 5.41) is 11.1. The number of nitrogens with one attached hydrogen (secondary N) is 2. The Morgan fingerprint density at radius 1 is 1.05 bits per heavy atom. The molecule has 5 heteroatoms. The largest absolute Gasteiger partial charge is 0.320 e. The van der Waals surface area contributed by atoms with Gasteiger partial charge in [-0.15, -0.1) is 0 Å². The molecule has 2 aromatic carbocycles. The van der Waals surface area contributed by atoms with Crippen molar-refractivity contribution in [3.8, 4) is 0 Å². The van der Waals surface area contributed by atoms with E-state index >= 15 is 0 Å². The summed E-state index contributed by atoms with van der Waals surface area (Å²) in [4.78, 5) is 13.9. The van der Waals surface area contributed by atoms with Crippen molar-refractivity contribution < 1.29 is 4.79 Å². The van der Waals surface area contributed by atoms with Crippen LogP contribution in [0, 0.1) is 0 Å². The third-order valence-electron chi connectivity index (χ3n) is 3.35. The number of hydrogen-bond acceptors (Lipinski definition) is 3. The SMILES string of the molecule is O=C1Nc2ccccc2S/C1=C/c1[nH]nc2ccccc12. The lowest BCUT2D eigenvalue weighted by Gasteiger charge is -2.17. The van der Waals surface area contributed by atoms with Gasteiger partial charge in [-0.2, -0.15) is 5.10 Å². The van der Waals surface area contributed by atoms with E-state index < -0.39 is 0 Å². The van der Waals surface area contributed by atoms with Gasteiger partial charge in [-0.05, 0) is 24.3 Å². The Labute approximate surface area is 125 Å². The summed E-state index contributed by atoms with van der Waals surface area (Å²) >= 11 is 1.47. The van der Waals surface area contributed by atoms with Gasteiger partial charge in [0, 0.05) is 10.3 Å². The Hall–Kier alpha value is -2.53. The second kappa shape index (κ2) is 4.79. The summed E-state index contributed by atoms with van der Waals surface area (Å²) in [5.74, 6) is -0.0858. The number of aromatic amines is 1. The van der Waals surface area contributed by atoms with E-state index in [1.54, 1.807) is 0 Å². The molecule has 1 aliphatic rings. The number of carbonyl (C=O) groups excluding carboxylic acids is 1. The molecule has 0 spiro atoms. The highest BCUT2D eigenvalue weighted by Crippen LogP contribution is 2.38. The normalized spacial score (nSPS) is 16.0. The van der Waals surface area contributed by atoms with Gasteiger partial charge in [0.25, 0.3) is 5.91 Å². The average molecular weight is 293 g/mol. The van der Waals surface area contributed by atoms with Crippen molar-refractivity contribution in [2.24, 2.45) is 0 Å². The molecule has 2 N–H and O–H groups in total. The molecule has 1 amide bonds. The molecule has 1 aliphatic heterocycles. The Balaban J connectivity index is 1.78. The van der Waals surface area contributed by atoms with E-state index in [-0.39, 0.29) is 5.91 Å². The molecule has 0 unspecified atom stereocenters. The first-order chi connectivity index (χ1) is 10.3. The molecule has 0 aliphatic carbocycles. The molecule has 4 nitrogen and oxygen atoms in total. The van der Waals surface area contributed by atoms with Gasteiger partial charge >= 0.3 is 0 Å². The van der Waals surface area contributed by atoms with E-state index in [4.69, 9.17) is 0 Å². The number of H-pyrrole nitrogens is 1. The second-order valence-electron chi connectivity index (χ2n) is 4.72. The minimum atomic E-state index is -0.0858. The Morgan fingerprint density at radius 3 is 2.81 bits per heavy atom. The van der Waals surface area contributed by atoms with Gasteiger partial charge in [0.15, 0.2) is 0 Å². The summed E-state index contributed by atoms with van der Waals surface area (Å²) < 4.78 is 0. The maximum atomic E-state index is 12.2. The zero-order valence-electron chi connectivity index (χ0n) is 11.0.